The van der Waals surface area contributed by atoms with Gasteiger partial charge in [-0.25, -0.2) is 4.79 Å². The van der Waals surface area contributed by atoms with Crippen LogP contribution in [0.3, 0.4) is 0 Å². The highest BCUT2D eigenvalue weighted by atomic mass is 35.5. The van der Waals surface area contributed by atoms with Crippen molar-refractivity contribution in [3.63, 3.8) is 0 Å². The molecular weight excluding hydrogens is 417 g/mol. The van der Waals surface area contributed by atoms with Crippen LogP contribution in [0.25, 0.3) is 0 Å². The van der Waals surface area contributed by atoms with Crippen molar-refractivity contribution < 1.29 is 23.8 Å². The molecule has 29 heavy (non-hydrogen) atoms. The molecule has 0 spiro atoms. The van der Waals surface area contributed by atoms with Gasteiger partial charge in [-0.2, -0.15) is 0 Å². The molecule has 0 bridgehead atoms. The number of benzene rings is 2. The molecule has 0 saturated heterocycles. The number of rotatable bonds is 9. The van der Waals surface area contributed by atoms with E-state index >= 15 is 0 Å². The summed E-state index contributed by atoms with van der Waals surface area (Å²) in [4.78, 5) is 16.9. The van der Waals surface area contributed by atoms with Gasteiger partial charge in [-0.15, -0.1) is 0 Å². The third-order valence-electron chi connectivity index (χ3n) is 4.37. The number of hydrogen-bond donors (Lipinski definition) is 0. The van der Waals surface area contributed by atoms with Crippen molar-refractivity contribution >= 4 is 34.9 Å². The molecular formula is C21H21Cl2NO5. The van der Waals surface area contributed by atoms with Gasteiger partial charge < -0.3 is 19.0 Å². The molecule has 1 saturated carbocycles. The molecule has 0 amide bonds. The van der Waals surface area contributed by atoms with Gasteiger partial charge in [0.05, 0.1) is 23.8 Å². The van der Waals surface area contributed by atoms with Crippen LogP contribution in [-0.2, 0) is 21.0 Å². The zero-order valence-corrected chi connectivity index (χ0v) is 17.6. The number of halogens is 2. The molecule has 6 nitrogen and oxygen atoms in total. The molecule has 0 aliphatic heterocycles. The van der Waals surface area contributed by atoms with E-state index in [9.17, 15) is 4.79 Å². The summed E-state index contributed by atoms with van der Waals surface area (Å²) in [6.07, 6.45) is 2.35. The van der Waals surface area contributed by atoms with Gasteiger partial charge in [-0.1, -0.05) is 52.6 Å². The third-order valence-corrected chi connectivity index (χ3v) is 4.97. The van der Waals surface area contributed by atoms with E-state index in [2.05, 4.69) is 5.16 Å². The van der Waals surface area contributed by atoms with Gasteiger partial charge in [0.25, 0.3) is 0 Å². The molecule has 1 fully saturated rings. The maximum atomic E-state index is 12.1. The van der Waals surface area contributed by atoms with Crippen molar-refractivity contribution in [2.24, 2.45) is 11.1 Å². The van der Waals surface area contributed by atoms with Gasteiger partial charge in [0.2, 0.25) is 0 Å². The fraction of sp³-hybridized carbons (Fsp3) is 0.333. The van der Waals surface area contributed by atoms with Crippen LogP contribution < -0.4 is 9.47 Å². The quantitative estimate of drug-likeness (QED) is 0.317. The molecule has 0 atom stereocenters. The number of carbonyl (C=O) groups excluding carboxylic acids is 1. The third kappa shape index (κ3) is 5.55. The molecule has 0 radical (unpaired) electrons. The first kappa shape index (κ1) is 21.3. The molecule has 0 unspecified atom stereocenters. The topological polar surface area (TPSA) is 66.4 Å². The smallest absolute Gasteiger partial charge is 0.360 e. The maximum Gasteiger partial charge on any atom is 0.360 e. The Kier molecular flexibility index (Phi) is 7.23. The van der Waals surface area contributed by atoms with Gasteiger partial charge in [-0.05, 0) is 30.4 Å². The summed E-state index contributed by atoms with van der Waals surface area (Å²) in [6, 6.07) is 10.4. The molecule has 1 aliphatic rings. The standard InChI is InChI=1S/C21H21Cl2NO5/c1-26-21(25)20(24-27-2)15-6-4-3-5-14(15)12-29-19-10-18(16(22)9-17(19)23)28-11-13-7-8-13/h3-6,9-10,13H,7-8,11-12H2,1-2H3/b24-20+. The Balaban J connectivity index is 1.80. The Bertz CT molecular complexity index is 912. The fourth-order valence-electron chi connectivity index (χ4n) is 2.64. The number of ether oxygens (including phenoxy) is 3. The zero-order chi connectivity index (χ0) is 20.8. The van der Waals surface area contributed by atoms with Crippen molar-refractivity contribution in [2.75, 3.05) is 20.8 Å². The molecule has 0 N–H and O–H groups in total. The SMILES string of the molecule is CO/N=C(/C(=O)OC)c1ccccc1COc1cc(OCC2CC2)c(Cl)cc1Cl. The van der Waals surface area contributed by atoms with E-state index in [0.717, 1.165) is 0 Å². The molecule has 154 valence electrons. The predicted octanol–water partition coefficient (Wildman–Crippen LogP) is 4.88. The Morgan fingerprint density at radius 3 is 2.41 bits per heavy atom. The lowest BCUT2D eigenvalue weighted by Gasteiger charge is -2.14. The van der Waals surface area contributed by atoms with Gasteiger partial charge in [0, 0.05) is 11.6 Å². The summed E-state index contributed by atoms with van der Waals surface area (Å²) < 4.78 is 16.5. The Hall–Kier alpha value is -2.44. The number of carbonyl (C=O) groups is 1. The van der Waals surface area contributed by atoms with Crippen LogP contribution in [0, 0.1) is 5.92 Å². The molecule has 2 aromatic rings. The van der Waals surface area contributed by atoms with Crippen LogP contribution in [0.4, 0.5) is 0 Å². The van der Waals surface area contributed by atoms with Crippen molar-refractivity contribution in [1.82, 2.24) is 0 Å². The molecule has 2 aromatic carbocycles. The van der Waals surface area contributed by atoms with Crippen LogP contribution in [-0.4, -0.2) is 32.5 Å². The minimum absolute atomic E-state index is 0.0462. The summed E-state index contributed by atoms with van der Waals surface area (Å²) in [7, 11) is 2.64. The number of methoxy groups -OCH3 is 1. The molecule has 8 heteroatoms. The lowest BCUT2D eigenvalue weighted by Crippen LogP contribution is -2.19. The first-order chi connectivity index (χ1) is 14.0. The lowest BCUT2D eigenvalue weighted by atomic mass is 10.0. The number of hydrogen-bond acceptors (Lipinski definition) is 6. The van der Waals surface area contributed by atoms with Crippen LogP contribution >= 0.6 is 23.2 Å². The highest BCUT2D eigenvalue weighted by molar-refractivity contribution is 6.43. The Morgan fingerprint density at radius 1 is 1.07 bits per heavy atom. The summed E-state index contributed by atoms with van der Waals surface area (Å²) in [5.41, 5.74) is 1.29. The predicted molar refractivity (Wildman–Crippen MR) is 111 cm³/mol. The second-order valence-electron chi connectivity index (χ2n) is 6.53. The van der Waals surface area contributed by atoms with E-state index in [1.165, 1.54) is 27.1 Å². The van der Waals surface area contributed by atoms with E-state index in [4.69, 9.17) is 42.3 Å². The number of oxime groups is 1. The van der Waals surface area contributed by atoms with Crippen LogP contribution in [0.2, 0.25) is 10.0 Å². The van der Waals surface area contributed by atoms with Gasteiger partial charge >= 0.3 is 5.97 Å². The van der Waals surface area contributed by atoms with E-state index < -0.39 is 5.97 Å². The van der Waals surface area contributed by atoms with Crippen LogP contribution in [0.15, 0.2) is 41.6 Å². The normalized spacial score (nSPS) is 13.7. The Labute approximate surface area is 179 Å². The largest absolute Gasteiger partial charge is 0.492 e. The summed E-state index contributed by atoms with van der Waals surface area (Å²) >= 11 is 12.5. The highest BCUT2D eigenvalue weighted by Crippen LogP contribution is 2.38. The van der Waals surface area contributed by atoms with E-state index in [1.54, 1.807) is 24.3 Å². The van der Waals surface area contributed by atoms with Crippen LogP contribution in [0.5, 0.6) is 11.5 Å². The highest BCUT2D eigenvalue weighted by Gasteiger charge is 2.23. The Morgan fingerprint density at radius 2 is 1.76 bits per heavy atom. The minimum atomic E-state index is -0.611. The first-order valence-electron chi connectivity index (χ1n) is 9.05. The minimum Gasteiger partial charge on any atom is -0.492 e. The zero-order valence-electron chi connectivity index (χ0n) is 16.1. The van der Waals surface area contributed by atoms with Crippen molar-refractivity contribution in [2.45, 2.75) is 19.4 Å². The summed E-state index contributed by atoms with van der Waals surface area (Å²) in [6.45, 7) is 0.763. The van der Waals surface area contributed by atoms with Crippen molar-refractivity contribution in [1.29, 1.82) is 0 Å². The van der Waals surface area contributed by atoms with E-state index in [-0.39, 0.29) is 12.3 Å². The first-order valence-corrected chi connectivity index (χ1v) is 9.81. The van der Waals surface area contributed by atoms with Gasteiger partial charge in [-0.3, -0.25) is 0 Å². The van der Waals surface area contributed by atoms with Crippen molar-refractivity contribution in [3.05, 3.63) is 57.6 Å². The molecule has 1 aliphatic carbocycles. The van der Waals surface area contributed by atoms with E-state index in [0.29, 0.717) is 45.2 Å². The summed E-state index contributed by atoms with van der Waals surface area (Å²) in [5, 5.41) is 4.59. The van der Waals surface area contributed by atoms with Crippen molar-refractivity contribution in [3.8, 4) is 11.5 Å². The second-order valence-corrected chi connectivity index (χ2v) is 7.34. The monoisotopic (exact) mass is 437 g/mol. The fourth-order valence-corrected chi connectivity index (χ4v) is 3.13. The summed E-state index contributed by atoms with van der Waals surface area (Å²) in [5.74, 6) is 0.941. The molecule has 0 heterocycles. The lowest BCUT2D eigenvalue weighted by molar-refractivity contribution is -0.132. The molecule has 3 rings (SSSR count). The van der Waals surface area contributed by atoms with Gasteiger partial charge in [0.1, 0.15) is 25.2 Å². The van der Waals surface area contributed by atoms with E-state index in [1.807, 2.05) is 12.1 Å². The average molecular weight is 438 g/mol. The number of nitrogens with zero attached hydrogens (tertiary/aromatic N) is 1. The second kappa shape index (κ2) is 9.85. The van der Waals surface area contributed by atoms with Crippen LogP contribution in [0.1, 0.15) is 24.0 Å². The average Bonchev–Trinajstić information content (AvgIpc) is 3.55. The van der Waals surface area contributed by atoms with Gasteiger partial charge in [0.15, 0.2) is 5.71 Å². The maximum absolute atomic E-state index is 12.1. The molecule has 0 aromatic heterocycles. The number of esters is 1.